The fourth-order valence-corrected chi connectivity index (χ4v) is 3.34. The van der Waals surface area contributed by atoms with Crippen molar-refractivity contribution in [2.24, 2.45) is 0 Å². The molecule has 25 heavy (non-hydrogen) atoms. The number of para-hydroxylation sites is 2. The van der Waals surface area contributed by atoms with E-state index < -0.39 is 0 Å². The Morgan fingerprint density at radius 3 is 2.80 bits per heavy atom. The molecule has 0 spiro atoms. The Morgan fingerprint density at radius 2 is 1.96 bits per heavy atom. The van der Waals surface area contributed by atoms with E-state index in [4.69, 9.17) is 18.9 Å². The van der Waals surface area contributed by atoms with Crippen molar-refractivity contribution >= 4 is 0 Å². The summed E-state index contributed by atoms with van der Waals surface area (Å²) in [5, 5.41) is 3.44. The summed E-state index contributed by atoms with van der Waals surface area (Å²) >= 11 is 0. The number of ether oxygens (including phenoxy) is 4. The van der Waals surface area contributed by atoms with Crippen LogP contribution in [0.1, 0.15) is 18.1 Å². The highest BCUT2D eigenvalue weighted by Crippen LogP contribution is 2.35. The Labute approximate surface area is 147 Å². The maximum absolute atomic E-state index is 5.97. The SMILES string of the molecule is COc1cc2c(cc1CNC[C@@H]1COc3ccccc3O1)O[C@@H](C)C2. The van der Waals surface area contributed by atoms with E-state index in [9.17, 15) is 0 Å². The van der Waals surface area contributed by atoms with Crippen molar-refractivity contribution in [2.75, 3.05) is 20.3 Å². The second-order valence-electron chi connectivity index (χ2n) is 6.53. The molecule has 0 radical (unpaired) electrons. The topological polar surface area (TPSA) is 49.0 Å². The first-order valence-corrected chi connectivity index (χ1v) is 8.68. The van der Waals surface area contributed by atoms with Gasteiger partial charge < -0.3 is 24.3 Å². The zero-order valence-electron chi connectivity index (χ0n) is 14.6. The largest absolute Gasteiger partial charge is 0.496 e. The van der Waals surface area contributed by atoms with Gasteiger partial charge in [-0.15, -0.1) is 0 Å². The van der Waals surface area contributed by atoms with E-state index in [1.165, 1.54) is 5.56 Å². The van der Waals surface area contributed by atoms with Gasteiger partial charge in [-0.05, 0) is 31.2 Å². The molecule has 0 amide bonds. The lowest BCUT2D eigenvalue weighted by Crippen LogP contribution is -2.38. The third-order valence-corrected chi connectivity index (χ3v) is 4.55. The molecule has 0 unspecified atom stereocenters. The molecule has 5 nitrogen and oxygen atoms in total. The first-order chi connectivity index (χ1) is 12.2. The summed E-state index contributed by atoms with van der Waals surface area (Å²) in [6, 6.07) is 11.9. The van der Waals surface area contributed by atoms with E-state index in [0.29, 0.717) is 19.7 Å². The van der Waals surface area contributed by atoms with Gasteiger partial charge in [0.2, 0.25) is 0 Å². The molecule has 4 rings (SSSR count). The molecule has 5 heteroatoms. The second kappa shape index (κ2) is 6.84. The Bertz CT molecular complexity index is 761. The first kappa shape index (κ1) is 16.1. The van der Waals surface area contributed by atoms with Gasteiger partial charge in [-0.25, -0.2) is 0 Å². The minimum Gasteiger partial charge on any atom is -0.496 e. The minimum absolute atomic E-state index is 0.00778. The van der Waals surface area contributed by atoms with Crippen LogP contribution in [0.2, 0.25) is 0 Å². The molecule has 0 aromatic heterocycles. The zero-order valence-corrected chi connectivity index (χ0v) is 14.6. The first-order valence-electron chi connectivity index (χ1n) is 8.68. The van der Waals surface area contributed by atoms with Crippen LogP contribution < -0.4 is 24.3 Å². The Morgan fingerprint density at radius 1 is 1.12 bits per heavy atom. The van der Waals surface area contributed by atoms with Crippen molar-refractivity contribution < 1.29 is 18.9 Å². The molecule has 0 aliphatic carbocycles. The van der Waals surface area contributed by atoms with Gasteiger partial charge >= 0.3 is 0 Å². The highest BCUT2D eigenvalue weighted by atomic mass is 16.6. The molecular weight excluding hydrogens is 318 g/mol. The van der Waals surface area contributed by atoms with Crippen LogP contribution >= 0.6 is 0 Å². The molecule has 2 aromatic rings. The summed E-state index contributed by atoms with van der Waals surface area (Å²) < 4.78 is 23.1. The lowest BCUT2D eigenvalue weighted by Gasteiger charge is -2.26. The molecule has 2 heterocycles. The van der Waals surface area contributed by atoms with E-state index in [2.05, 4.69) is 24.4 Å². The lowest BCUT2D eigenvalue weighted by molar-refractivity contribution is 0.0902. The van der Waals surface area contributed by atoms with Crippen LogP contribution in [0, 0.1) is 0 Å². The van der Waals surface area contributed by atoms with E-state index in [1.807, 2.05) is 24.3 Å². The smallest absolute Gasteiger partial charge is 0.161 e. The Balaban J connectivity index is 1.37. The van der Waals surface area contributed by atoms with Gasteiger partial charge in [0.25, 0.3) is 0 Å². The summed E-state index contributed by atoms with van der Waals surface area (Å²) in [6.07, 6.45) is 1.16. The Hall–Kier alpha value is -2.40. The van der Waals surface area contributed by atoms with Crippen molar-refractivity contribution in [1.29, 1.82) is 0 Å². The summed E-state index contributed by atoms with van der Waals surface area (Å²) in [5.41, 5.74) is 2.31. The standard InChI is InChI=1S/C20H23NO4/c1-13-7-14-8-19(22-2)15(9-20(14)24-13)10-21-11-16-12-23-17-5-3-4-6-18(17)25-16/h3-6,8-9,13,16,21H,7,10-12H2,1-2H3/t13-,16+/m0/s1. The summed E-state index contributed by atoms with van der Waals surface area (Å²) in [7, 11) is 1.71. The van der Waals surface area contributed by atoms with Crippen molar-refractivity contribution in [3.05, 3.63) is 47.5 Å². The summed E-state index contributed by atoms with van der Waals surface area (Å²) in [4.78, 5) is 0. The predicted octanol–water partition coefficient (Wildman–Crippen LogP) is 2.95. The quantitative estimate of drug-likeness (QED) is 0.906. The molecule has 0 bridgehead atoms. The molecular formula is C20H23NO4. The van der Waals surface area contributed by atoms with E-state index >= 15 is 0 Å². The molecule has 132 valence electrons. The third kappa shape index (κ3) is 3.37. The molecule has 2 aliphatic rings. The van der Waals surface area contributed by atoms with Gasteiger partial charge in [0.1, 0.15) is 30.3 Å². The molecule has 2 aromatic carbocycles. The maximum Gasteiger partial charge on any atom is 0.161 e. The molecule has 2 aliphatic heterocycles. The second-order valence-corrected chi connectivity index (χ2v) is 6.53. The average molecular weight is 341 g/mol. The van der Waals surface area contributed by atoms with Crippen LogP contribution in [0.5, 0.6) is 23.0 Å². The van der Waals surface area contributed by atoms with Crippen molar-refractivity contribution in [2.45, 2.75) is 32.1 Å². The van der Waals surface area contributed by atoms with Gasteiger partial charge in [0, 0.05) is 30.6 Å². The maximum atomic E-state index is 5.97. The lowest BCUT2D eigenvalue weighted by atomic mass is 10.1. The molecule has 0 fully saturated rings. The molecule has 0 saturated heterocycles. The average Bonchev–Trinajstić information content (AvgIpc) is 2.99. The fraction of sp³-hybridized carbons (Fsp3) is 0.400. The number of fused-ring (bicyclic) bond motifs is 2. The van der Waals surface area contributed by atoms with Crippen molar-refractivity contribution in [1.82, 2.24) is 5.32 Å². The summed E-state index contributed by atoms with van der Waals surface area (Å²) in [6.45, 7) is 4.02. The van der Waals surface area contributed by atoms with Gasteiger partial charge in [0.05, 0.1) is 7.11 Å². The fourth-order valence-electron chi connectivity index (χ4n) is 3.34. The number of hydrogen-bond acceptors (Lipinski definition) is 5. The molecule has 1 N–H and O–H groups in total. The number of nitrogens with one attached hydrogen (secondary N) is 1. The van der Waals surface area contributed by atoms with Crippen LogP contribution in [0.15, 0.2) is 36.4 Å². The van der Waals surface area contributed by atoms with Gasteiger partial charge in [-0.2, -0.15) is 0 Å². The zero-order chi connectivity index (χ0) is 17.2. The minimum atomic E-state index is -0.00778. The van der Waals surface area contributed by atoms with E-state index in [-0.39, 0.29) is 12.2 Å². The molecule has 2 atom stereocenters. The van der Waals surface area contributed by atoms with Crippen LogP contribution in [0.4, 0.5) is 0 Å². The van der Waals surface area contributed by atoms with Crippen LogP contribution in [-0.2, 0) is 13.0 Å². The predicted molar refractivity (Wildman–Crippen MR) is 94.8 cm³/mol. The van der Waals surface area contributed by atoms with Gasteiger partial charge in [0.15, 0.2) is 11.5 Å². The highest BCUT2D eigenvalue weighted by Gasteiger charge is 2.23. The Kier molecular flexibility index (Phi) is 4.40. The normalized spacial score (nSPS) is 20.7. The van der Waals surface area contributed by atoms with Crippen molar-refractivity contribution in [3.63, 3.8) is 0 Å². The molecule has 0 saturated carbocycles. The summed E-state index contributed by atoms with van der Waals surface area (Å²) in [5.74, 6) is 3.48. The van der Waals surface area contributed by atoms with E-state index in [1.54, 1.807) is 7.11 Å². The number of rotatable bonds is 5. The van der Waals surface area contributed by atoms with E-state index in [0.717, 1.165) is 35.0 Å². The number of hydrogen-bond donors (Lipinski definition) is 1. The number of benzene rings is 2. The van der Waals surface area contributed by atoms with Gasteiger partial charge in [-0.3, -0.25) is 0 Å². The monoisotopic (exact) mass is 341 g/mol. The van der Waals surface area contributed by atoms with Crippen LogP contribution in [0.25, 0.3) is 0 Å². The highest BCUT2D eigenvalue weighted by molar-refractivity contribution is 5.48. The number of methoxy groups -OCH3 is 1. The van der Waals surface area contributed by atoms with Crippen LogP contribution in [0.3, 0.4) is 0 Å². The van der Waals surface area contributed by atoms with Gasteiger partial charge in [-0.1, -0.05) is 12.1 Å². The van der Waals surface area contributed by atoms with Crippen molar-refractivity contribution in [3.8, 4) is 23.0 Å². The third-order valence-electron chi connectivity index (χ3n) is 4.55. The van der Waals surface area contributed by atoms with Crippen LogP contribution in [-0.4, -0.2) is 32.5 Å².